The van der Waals surface area contributed by atoms with E-state index in [9.17, 15) is 4.79 Å². The maximum atomic E-state index is 10.5. The fourth-order valence-corrected chi connectivity index (χ4v) is 1.37. The van der Waals surface area contributed by atoms with E-state index in [0.717, 1.165) is 18.1 Å². The fraction of sp³-hybridized carbons (Fsp3) is 0.583. The number of rotatable bonds is 7. The van der Waals surface area contributed by atoms with E-state index < -0.39 is 5.97 Å². The van der Waals surface area contributed by atoms with Gasteiger partial charge in [-0.25, -0.2) is 9.97 Å². The first-order valence-corrected chi connectivity index (χ1v) is 6.04. The standard InChI is InChI=1S/C12H20N4O2/c1-4-9(2)15-10-7-11(14-8-13-10)16(3)6-5-12(17)18/h7-9H,4-6H2,1-3H3,(H,17,18)(H,13,14,15). The Hall–Kier alpha value is -1.85. The topological polar surface area (TPSA) is 78.4 Å². The van der Waals surface area contributed by atoms with Gasteiger partial charge < -0.3 is 15.3 Å². The van der Waals surface area contributed by atoms with Gasteiger partial charge in [0.05, 0.1) is 6.42 Å². The summed E-state index contributed by atoms with van der Waals surface area (Å²) in [6.45, 7) is 4.60. The molecule has 1 rings (SSSR count). The Morgan fingerprint density at radius 2 is 2.28 bits per heavy atom. The van der Waals surface area contributed by atoms with E-state index in [1.54, 1.807) is 4.90 Å². The van der Waals surface area contributed by atoms with E-state index in [4.69, 9.17) is 5.11 Å². The van der Waals surface area contributed by atoms with Gasteiger partial charge in [-0.3, -0.25) is 4.79 Å². The Morgan fingerprint density at radius 3 is 2.89 bits per heavy atom. The van der Waals surface area contributed by atoms with Crippen molar-refractivity contribution in [2.45, 2.75) is 32.7 Å². The lowest BCUT2D eigenvalue weighted by atomic mass is 10.2. The van der Waals surface area contributed by atoms with Crippen molar-refractivity contribution in [1.29, 1.82) is 0 Å². The number of carboxylic acid groups (broad SMARTS) is 1. The molecule has 0 aliphatic rings. The highest BCUT2D eigenvalue weighted by molar-refractivity contribution is 5.67. The average molecular weight is 252 g/mol. The molecular weight excluding hydrogens is 232 g/mol. The molecule has 1 aromatic rings. The smallest absolute Gasteiger partial charge is 0.305 e. The monoisotopic (exact) mass is 252 g/mol. The lowest BCUT2D eigenvalue weighted by Gasteiger charge is -2.18. The summed E-state index contributed by atoms with van der Waals surface area (Å²) in [5, 5.41) is 11.9. The third-order valence-corrected chi connectivity index (χ3v) is 2.71. The summed E-state index contributed by atoms with van der Waals surface area (Å²) in [5.41, 5.74) is 0. The number of hydrogen-bond donors (Lipinski definition) is 2. The minimum Gasteiger partial charge on any atom is -0.481 e. The van der Waals surface area contributed by atoms with Crippen LogP contribution in [0, 0.1) is 0 Å². The number of nitrogens with zero attached hydrogens (tertiary/aromatic N) is 3. The third-order valence-electron chi connectivity index (χ3n) is 2.71. The third kappa shape index (κ3) is 4.57. The summed E-state index contributed by atoms with van der Waals surface area (Å²) in [4.78, 5) is 20.6. The SMILES string of the molecule is CCC(C)Nc1cc(N(C)CCC(=O)O)ncn1. The van der Waals surface area contributed by atoms with Crippen LogP contribution in [0.5, 0.6) is 0 Å². The zero-order valence-corrected chi connectivity index (χ0v) is 11.1. The second-order valence-electron chi connectivity index (χ2n) is 4.28. The van der Waals surface area contributed by atoms with Gasteiger partial charge in [-0.1, -0.05) is 6.92 Å². The molecule has 18 heavy (non-hydrogen) atoms. The summed E-state index contributed by atoms with van der Waals surface area (Å²) in [6.07, 6.45) is 2.58. The fourth-order valence-electron chi connectivity index (χ4n) is 1.37. The first kappa shape index (κ1) is 14.2. The molecule has 0 saturated heterocycles. The van der Waals surface area contributed by atoms with Crippen molar-refractivity contribution in [3.8, 4) is 0 Å². The predicted octanol–water partition coefficient (Wildman–Crippen LogP) is 1.60. The summed E-state index contributed by atoms with van der Waals surface area (Å²) >= 11 is 0. The van der Waals surface area contributed by atoms with Gasteiger partial charge in [0.25, 0.3) is 0 Å². The Labute approximate surface area is 107 Å². The number of nitrogens with one attached hydrogen (secondary N) is 1. The molecule has 100 valence electrons. The van der Waals surface area contributed by atoms with E-state index in [2.05, 4.69) is 29.1 Å². The molecule has 1 aromatic heterocycles. The van der Waals surface area contributed by atoms with Gasteiger partial charge in [0.2, 0.25) is 0 Å². The average Bonchev–Trinajstić information content (AvgIpc) is 2.36. The molecule has 1 unspecified atom stereocenters. The van der Waals surface area contributed by atoms with E-state index in [-0.39, 0.29) is 6.42 Å². The molecule has 0 aromatic carbocycles. The molecule has 0 saturated carbocycles. The van der Waals surface area contributed by atoms with Crippen LogP contribution < -0.4 is 10.2 Å². The Kier molecular flexibility index (Phi) is 5.35. The quantitative estimate of drug-likeness (QED) is 0.767. The summed E-state index contributed by atoms with van der Waals surface area (Å²) < 4.78 is 0. The van der Waals surface area contributed by atoms with Crippen LogP contribution in [0.3, 0.4) is 0 Å². The molecule has 1 heterocycles. The largest absolute Gasteiger partial charge is 0.481 e. The number of hydrogen-bond acceptors (Lipinski definition) is 5. The lowest BCUT2D eigenvalue weighted by Crippen LogP contribution is -2.22. The first-order valence-electron chi connectivity index (χ1n) is 6.04. The van der Waals surface area contributed by atoms with Crippen molar-refractivity contribution in [2.24, 2.45) is 0 Å². The van der Waals surface area contributed by atoms with E-state index in [1.807, 2.05) is 13.1 Å². The van der Waals surface area contributed by atoms with Crippen LogP contribution in [0.25, 0.3) is 0 Å². The maximum absolute atomic E-state index is 10.5. The molecule has 6 nitrogen and oxygen atoms in total. The second kappa shape index (κ2) is 6.78. The highest BCUT2D eigenvalue weighted by Crippen LogP contribution is 2.14. The molecule has 0 aliphatic carbocycles. The minimum absolute atomic E-state index is 0.0919. The Balaban J connectivity index is 2.65. The van der Waals surface area contributed by atoms with E-state index in [0.29, 0.717) is 12.6 Å². The Bertz CT molecular complexity index is 397. The Morgan fingerprint density at radius 1 is 1.56 bits per heavy atom. The van der Waals surface area contributed by atoms with Crippen molar-refractivity contribution < 1.29 is 9.90 Å². The highest BCUT2D eigenvalue weighted by Gasteiger charge is 2.07. The number of aromatic nitrogens is 2. The van der Waals surface area contributed by atoms with Crippen LogP contribution >= 0.6 is 0 Å². The van der Waals surface area contributed by atoms with Crippen molar-refractivity contribution in [3.05, 3.63) is 12.4 Å². The van der Waals surface area contributed by atoms with E-state index in [1.165, 1.54) is 6.33 Å². The molecule has 0 fully saturated rings. The van der Waals surface area contributed by atoms with Gasteiger partial charge >= 0.3 is 5.97 Å². The molecule has 0 bridgehead atoms. The van der Waals surface area contributed by atoms with Crippen molar-refractivity contribution in [3.63, 3.8) is 0 Å². The van der Waals surface area contributed by atoms with Gasteiger partial charge in [0.1, 0.15) is 18.0 Å². The number of aliphatic carboxylic acids is 1. The second-order valence-corrected chi connectivity index (χ2v) is 4.28. The molecule has 0 radical (unpaired) electrons. The first-order chi connectivity index (χ1) is 8.52. The molecule has 0 amide bonds. The van der Waals surface area contributed by atoms with E-state index >= 15 is 0 Å². The van der Waals surface area contributed by atoms with Crippen molar-refractivity contribution >= 4 is 17.6 Å². The van der Waals surface area contributed by atoms with Gasteiger partial charge in [-0.05, 0) is 13.3 Å². The van der Waals surface area contributed by atoms with Crippen LogP contribution in [0.2, 0.25) is 0 Å². The van der Waals surface area contributed by atoms with Crippen LogP contribution in [-0.2, 0) is 4.79 Å². The number of carboxylic acids is 1. The van der Waals surface area contributed by atoms with Crippen LogP contribution in [0.15, 0.2) is 12.4 Å². The number of carbonyl (C=O) groups is 1. The van der Waals surface area contributed by atoms with Crippen LogP contribution in [0.1, 0.15) is 26.7 Å². The van der Waals surface area contributed by atoms with Gasteiger partial charge in [0.15, 0.2) is 0 Å². The summed E-state index contributed by atoms with van der Waals surface area (Å²) in [7, 11) is 1.82. The zero-order chi connectivity index (χ0) is 13.5. The maximum Gasteiger partial charge on any atom is 0.305 e. The normalized spacial score (nSPS) is 11.9. The lowest BCUT2D eigenvalue weighted by molar-refractivity contribution is -0.136. The minimum atomic E-state index is -0.811. The van der Waals surface area contributed by atoms with Gasteiger partial charge in [0, 0.05) is 25.7 Å². The number of anilines is 2. The zero-order valence-electron chi connectivity index (χ0n) is 11.1. The summed E-state index contributed by atoms with van der Waals surface area (Å²) in [5.74, 6) is 0.669. The molecule has 1 atom stereocenters. The van der Waals surface area contributed by atoms with Crippen LogP contribution in [0.4, 0.5) is 11.6 Å². The van der Waals surface area contributed by atoms with Crippen molar-refractivity contribution in [1.82, 2.24) is 9.97 Å². The van der Waals surface area contributed by atoms with Crippen molar-refractivity contribution in [2.75, 3.05) is 23.8 Å². The predicted molar refractivity (Wildman–Crippen MR) is 70.9 cm³/mol. The van der Waals surface area contributed by atoms with Gasteiger partial charge in [-0.2, -0.15) is 0 Å². The molecule has 0 aliphatic heterocycles. The molecule has 6 heteroatoms. The molecule has 0 spiro atoms. The molecule has 2 N–H and O–H groups in total. The highest BCUT2D eigenvalue weighted by atomic mass is 16.4. The molecular formula is C12H20N4O2. The van der Waals surface area contributed by atoms with Gasteiger partial charge in [-0.15, -0.1) is 0 Å². The van der Waals surface area contributed by atoms with Crippen LogP contribution in [-0.4, -0.2) is 40.7 Å². The summed E-state index contributed by atoms with van der Waals surface area (Å²) in [6, 6.07) is 2.17.